The van der Waals surface area contributed by atoms with E-state index >= 15 is 0 Å². The first-order chi connectivity index (χ1) is 11.5. The van der Waals surface area contributed by atoms with E-state index < -0.39 is 5.60 Å². The summed E-state index contributed by atoms with van der Waals surface area (Å²) in [6, 6.07) is 6.37. The maximum atomic E-state index is 13.3. The van der Waals surface area contributed by atoms with E-state index in [9.17, 15) is 14.3 Å². The molecule has 1 aromatic carbocycles. The summed E-state index contributed by atoms with van der Waals surface area (Å²) in [6.07, 6.45) is 3.50. The molecular weight excluding hydrogens is 311 g/mol. The summed E-state index contributed by atoms with van der Waals surface area (Å²) in [5.41, 5.74) is -1.16. The minimum absolute atomic E-state index is 0.0312. The van der Waals surface area contributed by atoms with Crippen LogP contribution in [0.15, 0.2) is 24.3 Å². The van der Waals surface area contributed by atoms with Gasteiger partial charge in [-0.2, -0.15) is 0 Å². The number of hydrogen-bond acceptors (Lipinski definition) is 4. The highest BCUT2D eigenvalue weighted by Gasteiger charge is 2.39. The molecular formula is C18H25FN2O3. The standard InChI is InChI=1S/C18H25FN2O3/c1-14(22)20-8-9-21(16-5-3-6-16)12-18(23,11-20)13-24-17-7-2-4-15(19)10-17/h2,4,7,10,16,23H,3,5-6,8-9,11-13H2,1H3/t18-/m0/s1. The maximum Gasteiger partial charge on any atom is 0.219 e. The molecule has 0 aromatic heterocycles. The molecule has 24 heavy (non-hydrogen) atoms. The van der Waals surface area contributed by atoms with Crippen LogP contribution in [-0.4, -0.2) is 65.2 Å². The SMILES string of the molecule is CC(=O)N1CCN(C2CCC2)C[C@](O)(COc2cccc(F)c2)C1. The van der Waals surface area contributed by atoms with Gasteiger partial charge in [0.1, 0.15) is 23.8 Å². The highest BCUT2D eigenvalue weighted by Crippen LogP contribution is 2.28. The number of β-amino-alcohol motifs (C(OH)–C–C–N with tert-alkyl or cyclic N) is 1. The van der Waals surface area contributed by atoms with E-state index in [1.54, 1.807) is 17.0 Å². The van der Waals surface area contributed by atoms with Crippen molar-refractivity contribution in [1.82, 2.24) is 9.80 Å². The molecule has 2 aliphatic rings. The Balaban J connectivity index is 1.71. The molecule has 2 fully saturated rings. The lowest BCUT2D eigenvalue weighted by Gasteiger charge is -2.40. The van der Waals surface area contributed by atoms with Crippen LogP contribution in [0.1, 0.15) is 26.2 Å². The van der Waals surface area contributed by atoms with E-state index in [-0.39, 0.29) is 24.9 Å². The average molecular weight is 336 g/mol. The van der Waals surface area contributed by atoms with Crippen LogP contribution in [0.3, 0.4) is 0 Å². The molecule has 1 aromatic rings. The van der Waals surface area contributed by atoms with Crippen LogP contribution in [0.5, 0.6) is 5.75 Å². The van der Waals surface area contributed by atoms with Gasteiger partial charge in [0.15, 0.2) is 0 Å². The van der Waals surface area contributed by atoms with Gasteiger partial charge < -0.3 is 14.7 Å². The van der Waals surface area contributed by atoms with Gasteiger partial charge in [-0.15, -0.1) is 0 Å². The van der Waals surface area contributed by atoms with Crippen molar-refractivity contribution in [2.24, 2.45) is 0 Å². The van der Waals surface area contributed by atoms with Crippen LogP contribution < -0.4 is 4.74 Å². The van der Waals surface area contributed by atoms with Crippen LogP contribution in [-0.2, 0) is 4.79 Å². The molecule has 1 aliphatic heterocycles. The summed E-state index contributed by atoms with van der Waals surface area (Å²) in [6.45, 7) is 3.65. The van der Waals surface area contributed by atoms with Crippen molar-refractivity contribution < 1.29 is 19.0 Å². The minimum Gasteiger partial charge on any atom is -0.490 e. The Labute approximate surface area is 142 Å². The van der Waals surface area contributed by atoms with E-state index in [0.29, 0.717) is 24.9 Å². The van der Waals surface area contributed by atoms with Crippen LogP contribution in [0.2, 0.25) is 0 Å². The first-order valence-corrected chi connectivity index (χ1v) is 8.55. The first kappa shape index (κ1) is 17.2. The summed E-state index contributed by atoms with van der Waals surface area (Å²) in [7, 11) is 0. The molecule has 0 unspecified atom stereocenters. The Bertz CT molecular complexity index is 593. The number of aliphatic hydroxyl groups is 1. The maximum absolute atomic E-state index is 13.3. The van der Waals surface area contributed by atoms with E-state index in [1.165, 1.54) is 25.5 Å². The van der Waals surface area contributed by atoms with Crippen molar-refractivity contribution in [3.8, 4) is 5.75 Å². The average Bonchev–Trinajstić information content (AvgIpc) is 2.64. The van der Waals surface area contributed by atoms with Crippen molar-refractivity contribution in [3.05, 3.63) is 30.1 Å². The van der Waals surface area contributed by atoms with Crippen LogP contribution in [0, 0.1) is 5.82 Å². The number of amides is 1. The fourth-order valence-electron chi connectivity index (χ4n) is 3.39. The highest BCUT2D eigenvalue weighted by molar-refractivity contribution is 5.73. The van der Waals surface area contributed by atoms with E-state index in [4.69, 9.17) is 4.74 Å². The van der Waals surface area contributed by atoms with Gasteiger partial charge in [-0.1, -0.05) is 12.5 Å². The zero-order chi connectivity index (χ0) is 17.2. The third kappa shape index (κ3) is 4.05. The number of nitrogens with zero attached hydrogens (tertiary/aromatic N) is 2. The van der Waals surface area contributed by atoms with E-state index in [1.807, 2.05) is 0 Å². The smallest absolute Gasteiger partial charge is 0.219 e. The number of carbonyl (C=O) groups excluding carboxylic acids is 1. The van der Waals surface area contributed by atoms with E-state index in [0.717, 1.165) is 19.4 Å². The Morgan fingerprint density at radius 1 is 1.38 bits per heavy atom. The largest absolute Gasteiger partial charge is 0.490 e. The fraction of sp³-hybridized carbons (Fsp3) is 0.611. The molecule has 132 valence electrons. The molecule has 1 aliphatic carbocycles. The van der Waals surface area contributed by atoms with Gasteiger partial charge in [0.2, 0.25) is 5.91 Å². The topological polar surface area (TPSA) is 53.0 Å². The molecule has 1 heterocycles. The highest BCUT2D eigenvalue weighted by atomic mass is 19.1. The van der Waals surface area contributed by atoms with Crippen LogP contribution >= 0.6 is 0 Å². The Morgan fingerprint density at radius 2 is 2.17 bits per heavy atom. The molecule has 1 atom stereocenters. The molecule has 5 nitrogen and oxygen atoms in total. The van der Waals surface area contributed by atoms with Gasteiger partial charge in [0.25, 0.3) is 0 Å². The number of benzene rings is 1. The zero-order valence-corrected chi connectivity index (χ0v) is 14.1. The molecule has 1 N–H and O–H groups in total. The second-order valence-corrected chi connectivity index (χ2v) is 6.97. The lowest BCUT2D eigenvalue weighted by Crippen LogP contribution is -2.54. The van der Waals surface area contributed by atoms with Crippen molar-refractivity contribution in [2.45, 2.75) is 37.8 Å². The van der Waals surface area contributed by atoms with Crippen molar-refractivity contribution >= 4 is 5.91 Å². The van der Waals surface area contributed by atoms with Crippen LogP contribution in [0.4, 0.5) is 4.39 Å². The number of ether oxygens (including phenoxy) is 1. The first-order valence-electron chi connectivity index (χ1n) is 8.55. The summed E-state index contributed by atoms with van der Waals surface area (Å²) in [4.78, 5) is 15.8. The monoisotopic (exact) mass is 336 g/mol. The molecule has 1 amide bonds. The fourth-order valence-corrected chi connectivity index (χ4v) is 3.39. The lowest BCUT2D eigenvalue weighted by atomic mass is 9.90. The van der Waals surface area contributed by atoms with E-state index in [2.05, 4.69) is 4.90 Å². The van der Waals surface area contributed by atoms with Crippen molar-refractivity contribution in [1.29, 1.82) is 0 Å². The molecule has 0 bridgehead atoms. The van der Waals surface area contributed by atoms with Gasteiger partial charge in [0, 0.05) is 38.7 Å². The number of carbonyl (C=O) groups is 1. The molecule has 1 saturated carbocycles. The molecule has 3 rings (SSSR count). The second-order valence-electron chi connectivity index (χ2n) is 6.97. The molecule has 0 radical (unpaired) electrons. The van der Waals surface area contributed by atoms with Crippen molar-refractivity contribution in [3.63, 3.8) is 0 Å². The predicted octanol–water partition coefficient (Wildman–Crippen LogP) is 1.65. The Morgan fingerprint density at radius 3 is 2.79 bits per heavy atom. The summed E-state index contributed by atoms with van der Waals surface area (Å²) in [5.74, 6) is -0.0336. The number of halogens is 1. The van der Waals surface area contributed by atoms with Crippen molar-refractivity contribution in [2.75, 3.05) is 32.8 Å². The Kier molecular flexibility index (Phi) is 5.06. The number of hydrogen-bond donors (Lipinski definition) is 1. The summed E-state index contributed by atoms with van der Waals surface area (Å²) in [5, 5.41) is 11.1. The van der Waals surface area contributed by atoms with Gasteiger partial charge in [-0.25, -0.2) is 4.39 Å². The molecule has 0 spiro atoms. The minimum atomic E-state index is -1.16. The van der Waals surface area contributed by atoms with Gasteiger partial charge in [0.05, 0.1) is 6.54 Å². The van der Waals surface area contributed by atoms with Gasteiger partial charge in [-0.05, 0) is 25.0 Å². The third-order valence-corrected chi connectivity index (χ3v) is 4.98. The Hall–Kier alpha value is -1.66. The quantitative estimate of drug-likeness (QED) is 0.908. The van der Waals surface area contributed by atoms with Crippen LogP contribution in [0.25, 0.3) is 0 Å². The predicted molar refractivity (Wildman–Crippen MR) is 88.3 cm³/mol. The summed E-state index contributed by atoms with van der Waals surface area (Å²) < 4.78 is 18.9. The number of rotatable bonds is 4. The zero-order valence-electron chi connectivity index (χ0n) is 14.1. The normalized spacial score (nSPS) is 25.9. The van der Waals surface area contributed by atoms with Gasteiger partial charge >= 0.3 is 0 Å². The molecule has 6 heteroatoms. The second kappa shape index (κ2) is 7.07. The third-order valence-electron chi connectivity index (χ3n) is 4.98. The molecule has 1 saturated heterocycles. The lowest BCUT2D eigenvalue weighted by molar-refractivity contribution is -0.132. The van der Waals surface area contributed by atoms with Gasteiger partial charge in [-0.3, -0.25) is 9.69 Å². The summed E-state index contributed by atoms with van der Waals surface area (Å²) >= 11 is 0.